The third kappa shape index (κ3) is 5.73. The van der Waals surface area contributed by atoms with Crippen molar-refractivity contribution in [2.75, 3.05) is 6.61 Å². The van der Waals surface area contributed by atoms with Crippen LogP contribution in [0.1, 0.15) is 36.2 Å². The number of carbonyl (C=O) groups excluding carboxylic acids is 2. The molecule has 1 atom stereocenters. The second-order valence-electron chi connectivity index (χ2n) is 7.13. The maximum absolute atomic E-state index is 12.3. The number of hydrogen-bond donors (Lipinski definition) is 1. The number of fused-ring (bicyclic) bond motifs is 1. The van der Waals surface area contributed by atoms with Crippen molar-refractivity contribution >= 4 is 38.8 Å². The molecule has 0 spiro atoms. The molecule has 0 bridgehead atoms. The van der Waals surface area contributed by atoms with Gasteiger partial charge >= 0.3 is 11.6 Å². The molecule has 162 valence electrons. The van der Waals surface area contributed by atoms with Crippen LogP contribution in [0.4, 0.5) is 0 Å². The van der Waals surface area contributed by atoms with E-state index in [4.69, 9.17) is 13.9 Å². The van der Waals surface area contributed by atoms with Gasteiger partial charge in [0.15, 0.2) is 6.61 Å². The molecule has 1 heterocycles. The molecule has 0 saturated carbocycles. The minimum absolute atomic E-state index is 0.0628. The van der Waals surface area contributed by atoms with Gasteiger partial charge < -0.3 is 19.2 Å². The summed E-state index contributed by atoms with van der Waals surface area (Å²) in [6.07, 6.45) is 0.740. The zero-order chi connectivity index (χ0) is 22.5. The summed E-state index contributed by atoms with van der Waals surface area (Å²) in [5, 5.41) is 3.27. The number of rotatable bonds is 7. The third-order valence-electron chi connectivity index (χ3n) is 4.61. The van der Waals surface area contributed by atoms with Crippen molar-refractivity contribution in [2.45, 2.75) is 33.2 Å². The minimum Gasteiger partial charge on any atom is -0.481 e. The molecule has 0 fully saturated rings. The lowest BCUT2D eigenvalue weighted by Gasteiger charge is -2.11. The van der Waals surface area contributed by atoms with E-state index in [1.807, 2.05) is 32.9 Å². The van der Waals surface area contributed by atoms with E-state index in [1.54, 1.807) is 18.2 Å². The van der Waals surface area contributed by atoms with Gasteiger partial charge in [0.2, 0.25) is 0 Å². The Morgan fingerprint density at radius 3 is 2.65 bits per heavy atom. The van der Waals surface area contributed by atoms with E-state index in [9.17, 15) is 14.4 Å². The van der Waals surface area contributed by atoms with Crippen molar-refractivity contribution in [2.24, 2.45) is 0 Å². The standard InChI is InChI=1S/C23H22BrNO6/c1-4-14(3)25-22(27)17-10-15-6-7-16(11-20(15)31-23(17)28)30-21(26)12-29-19-8-5-13(2)9-18(19)24/h5-11,14H,4,12H2,1-3H3,(H,25,27). The van der Waals surface area contributed by atoms with Crippen molar-refractivity contribution in [1.29, 1.82) is 0 Å². The number of carbonyl (C=O) groups is 2. The van der Waals surface area contributed by atoms with Gasteiger partial charge in [-0.2, -0.15) is 0 Å². The number of aryl methyl sites for hydroxylation is 1. The molecule has 0 aliphatic rings. The van der Waals surface area contributed by atoms with Crippen LogP contribution in [0.15, 0.2) is 56.1 Å². The van der Waals surface area contributed by atoms with E-state index in [1.165, 1.54) is 12.1 Å². The van der Waals surface area contributed by atoms with E-state index < -0.39 is 17.5 Å². The first-order valence-electron chi connectivity index (χ1n) is 9.75. The zero-order valence-electron chi connectivity index (χ0n) is 17.4. The molecule has 0 radical (unpaired) electrons. The summed E-state index contributed by atoms with van der Waals surface area (Å²) in [7, 11) is 0. The highest BCUT2D eigenvalue weighted by molar-refractivity contribution is 9.10. The number of halogens is 1. The van der Waals surface area contributed by atoms with Crippen molar-refractivity contribution in [3.8, 4) is 11.5 Å². The van der Waals surface area contributed by atoms with Crippen LogP contribution in [-0.4, -0.2) is 24.5 Å². The maximum atomic E-state index is 12.3. The predicted molar refractivity (Wildman–Crippen MR) is 120 cm³/mol. The first-order valence-corrected chi connectivity index (χ1v) is 10.5. The molecule has 31 heavy (non-hydrogen) atoms. The normalized spacial score (nSPS) is 11.7. The monoisotopic (exact) mass is 487 g/mol. The Kier molecular flexibility index (Phi) is 7.12. The highest BCUT2D eigenvalue weighted by Crippen LogP contribution is 2.26. The summed E-state index contributed by atoms with van der Waals surface area (Å²) < 4.78 is 16.7. The molecule has 7 nitrogen and oxygen atoms in total. The Hall–Kier alpha value is -3.13. The van der Waals surface area contributed by atoms with E-state index >= 15 is 0 Å². The summed E-state index contributed by atoms with van der Waals surface area (Å²) in [4.78, 5) is 36.6. The lowest BCUT2D eigenvalue weighted by Crippen LogP contribution is -2.34. The number of ether oxygens (including phenoxy) is 2. The lowest BCUT2D eigenvalue weighted by atomic mass is 10.1. The van der Waals surface area contributed by atoms with E-state index in [2.05, 4.69) is 21.2 Å². The lowest BCUT2D eigenvalue weighted by molar-refractivity contribution is -0.136. The smallest absolute Gasteiger partial charge is 0.349 e. The van der Waals surface area contributed by atoms with Gasteiger partial charge in [0.05, 0.1) is 4.47 Å². The van der Waals surface area contributed by atoms with Crippen LogP contribution >= 0.6 is 15.9 Å². The predicted octanol–water partition coefficient (Wildman–Crippen LogP) is 4.38. The summed E-state index contributed by atoms with van der Waals surface area (Å²) in [6, 6.07) is 11.5. The summed E-state index contributed by atoms with van der Waals surface area (Å²) in [5.41, 5.74) is 0.427. The van der Waals surface area contributed by atoms with Gasteiger partial charge in [0, 0.05) is 17.5 Å². The van der Waals surface area contributed by atoms with Gasteiger partial charge in [-0.25, -0.2) is 9.59 Å². The van der Waals surface area contributed by atoms with Crippen LogP contribution < -0.4 is 20.4 Å². The Balaban J connectivity index is 1.70. The van der Waals surface area contributed by atoms with Crippen LogP contribution in [0.2, 0.25) is 0 Å². The molecule has 3 aromatic rings. The molecule has 8 heteroatoms. The fourth-order valence-corrected chi connectivity index (χ4v) is 3.35. The molecule has 2 aromatic carbocycles. The Morgan fingerprint density at radius 1 is 1.16 bits per heavy atom. The molecule has 0 aliphatic carbocycles. The van der Waals surface area contributed by atoms with Crippen LogP contribution in [-0.2, 0) is 4.79 Å². The highest BCUT2D eigenvalue weighted by atomic mass is 79.9. The molecule has 3 rings (SSSR count). The average molecular weight is 488 g/mol. The molecule has 0 saturated heterocycles. The van der Waals surface area contributed by atoms with E-state index in [0.29, 0.717) is 11.1 Å². The van der Waals surface area contributed by atoms with Crippen molar-refractivity contribution in [1.82, 2.24) is 5.32 Å². The summed E-state index contributed by atoms with van der Waals surface area (Å²) >= 11 is 3.38. The number of amides is 1. The van der Waals surface area contributed by atoms with Crippen molar-refractivity contribution in [3.05, 3.63) is 68.5 Å². The van der Waals surface area contributed by atoms with Crippen LogP contribution in [0, 0.1) is 6.92 Å². The number of hydrogen-bond acceptors (Lipinski definition) is 6. The highest BCUT2D eigenvalue weighted by Gasteiger charge is 2.16. The van der Waals surface area contributed by atoms with Crippen LogP contribution in [0.3, 0.4) is 0 Å². The second kappa shape index (κ2) is 9.78. The van der Waals surface area contributed by atoms with E-state index in [-0.39, 0.29) is 29.5 Å². The molecule has 1 N–H and O–H groups in total. The topological polar surface area (TPSA) is 94.8 Å². The fourth-order valence-electron chi connectivity index (χ4n) is 2.74. The Morgan fingerprint density at radius 2 is 1.94 bits per heavy atom. The maximum Gasteiger partial charge on any atom is 0.349 e. The number of esters is 1. The molecular formula is C23H22BrNO6. The second-order valence-corrected chi connectivity index (χ2v) is 7.98. The zero-order valence-corrected chi connectivity index (χ0v) is 18.9. The van der Waals surface area contributed by atoms with Crippen molar-refractivity contribution in [3.63, 3.8) is 0 Å². The van der Waals surface area contributed by atoms with Crippen LogP contribution in [0.25, 0.3) is 11.0 Å². The summed E-state index contributed by atoms with van der Waals surface area (Å²) in [6.45, 7) is 5.43. The average Bonchev–Trinajstić information content (AvgIpc) is 2.72. The fraction of sp³-hybridized carbons (Fsp3) is 0.261. The first kappa shape index (κ1) is 22.6. The van der Waals surface area contributed by atoms with Gasteiger partial charge in [0.1, 0.15) is 22.6 Å². The molecule has 1 amide bonds. The van der Waals surface area contributed by atoms with Crippen molar-refractivity contribution < 1.29 is 23.5 Å². The minimum atomic E-state index is -0.760. The van der Waals surface area contributed by atoms with E-state index in [0.717, 1.165) is 16.5 Å². The third-order valence-corrected chi connectivity index (χ3v) is 5.23. The summed E-state index contributed by atoms with van der Waals surface area (Å²) in [5.74, 6) is -0.377. The molecule has 1 unspecified atom stereocenters. The Bertz CT molecular complexity index is 1190. The van der Waals surface area contributed by atoms with Crippen LogP contribution in [0.5, 0.6) is 11.5 Å². The largest absolute Gasteiger partial charge is 0.481 e. The molecule has 1 aromatic heterocycles. The number of benzene rings is 2. The van der Waals surface area contributed by atoms with Gasteiger partial charge in [0.25, 0.3) is 5.91 Å². The molecule has 0 aliphatic heterocycles. The SMILES string of the molecule is CCC(C)NC(=O)c1cc2ccc(OC(=O)COc3ccc(C)cc3Br)cc2oc1=O. The van der Waals surface area contributed by atoms with Gasteiger partial charge in [-0.3, -0.25) is 4.79 Å². The van der Waals surface area contributed by atoms with Gasteiger partial charge in [-0.05, 0) is 72.1 Å². The quantitative estimate of drug-likeness (QED) is 0.302. The van der Waals surface area contributed by atoms with Gasteiger partial charge in [-0.1, -0.05) is 13.0 Å². The molecular weight excluding hydrogens is 466 g/mol. The number of nitrogens with one attached hydrogen (secondary N) is 1. The first-order chi connectivity index (χ1) is 14.8. The Labute approximate surface area is 187 Å². The van der Waals surface area contributed by atoms with Gasteiger partial charge in [-0.15, -0.1) is 0 Å².